The van der Waals surface area contributed by atoms with E-state index in [4.69, 9.17) is 9.47 Å². The smallest absolute Gasteiger partial charge is 0.323 e. The van der Waals surface area contributed by atoms with E-state index in [1.165, 1.54) is 6.42 Å². The van der Waals surface area contributed by atoms with Crippen LogP contribution in [0.4, 0.5) is 0 Å². The van der Waals surface area contributed by atoms with Crippen molar-refractivity contribution in [1.82, 2.24) is 5.32 Å². The van der Waals surface area contributed by atoms with Crippen LogP contribution in [0.15, 0.2) is 24.3 Å². The van der Waals surface area contributed by atoms with Crippen molar-refractivity contribution in [2.24, 2.45) is 0 Å². The Hall–Kier alpha value is -1.55. The van der Waals surface area contributed by atoms with Crippen LogP contribution >= 0.6 is 0 Å². The molecule has 1 N–H and O–H groups in total. The van der Waals surface area contributed by atoms with Crippen LogP contribution in [0.1, 0.15) is 31.2 Å². The number of benzene rings is 1. The van der Waals surface area contributed by atoms with Crippen LogP contribution < -0.4 is 10.1 Å². The zero-order valence-electron chi connectivity index (χ0n) is 11.4. The summed E-state index contributed by atoms with van der Waals surface area (Å²) in [6.45, 7) is 1.20. The fraction of sp³-hybridized carbons (Fsp3) is 0.533. The van der Waals surface area contributed by atoms with Gasteiger partial charge >= 0.3 is 5.97 Å². The molecule has 1 saturated heterocycles. The van der Waals surface area contributed by atoms with E-state index in [9.17, 15) is 4.79 Å². The summed E-state index contributed by atoms with van der Waals surface area (Å²) in [7, 11) is 1.63. The van der Waals surface area contributed by atoms with Crippen LogP contribution in [0.2, 0.25) is 0 Å². The van der Waals surface area contributed by atoms with Crippen molar-refractivity contribution in [2.45, 2.75) is 38.3 Å². The number of rotatable bonds is 4. The first-order chi connectivity index (χ1) is 9.29. The Morgan fingerprint density at radius 3 is 3.11 bits per heavy atom. The summed E-state index contributed by atoms with van der Waals surface area (Å²) in [5.41, 5.74) is 0.946. The van der Waals surface area contributed by atoms with Crippen LogP contribution in [0.5, 0.6) is 5.75 Å². The monoisotopic (exact) mass is 263 g/mol. The lowest BCUT2D eigenvalue weighted by Crippen LogP contribution is -2.37. The third-order valence-corrected chi connectivity index (χ3v) is 3.36. The molecular formula is C15H21NO3. The van der Waals surface area contributed by atoms with Crippen molar-refractivity contribution in [3.63, 3.8) is 0 Å². The molecule has 0 bridgehead atoms. The summed E-state index contributed by atoms with van der Waals surface area (Å²) in [5, 5.41) is 3.24. The maximum Gasteiger partial charge on any atom is 0.323 e. The molecule has 0 radical (unpaired) electrons. The molecular weight excluding hydrogens is 242 g/mol. The molecule has 1 unspecified atom stereocenters. The second-order valence-corrected chi connectivity index (χ2v) is 4.82. The van der Waals surface area contributed by atoms with E-state index in [2.05, 4.69) is 5.32 Å². The van der Waals surface area contributed by atoms with Crippen molar-refractivity contribution in [3.05, 3.63) is 29.8 Å². The van der Waals surface area contributed by atoms with Gasteiger partial charge in [-0.15, -0.1) is 0 Å². The largest absolute Gasteiger partial charge is 0.497 e. The Morgan fingerprint density at radius 2 is 2.26 bits per heavy atom. The number of carbonyl (C=O) groups is 1. The van der Waals surface area contributed by atoms with Gasteiger partial charge < -0.3 is 14.8 Å². The first-order valence-electron chi connectivity index (χ1n) is 6.82. The Balaban J connectivity index is 1.84. The molecule has 1 aliphatic heterocycles. The second kappa shape index (κ2) is 7.14. The summed E-state index contributed by atoms with van der Waals surface area (Å²) in [5.74, 6) is 0.630. The minimum absolute atomic E-state index is 0.145. The van der Waals surface area contributed by atoms with Crippen LogP contribution in [0, 0.1) is 0 Å². The molecule has 1 aromatic rings. The molecule has 1 atom stereocenters. The number of ether oxygens (including phenoxy) is 2. The lowest BCUT2D eigenvalue weighted by atomic mass is 10.1. The third-order valence-electron chi connectivity index (χ3n) is 3.36. The van der Waals surface area contributed by atoms with Gasteiger partial charge in [0.25, 0.3) is 0 Å². The standard InChI is InChI=1S/C15H21NO3/c1-18-13-7-5-6-12(10-13)11-19-15(17)14-8-3-2-4-9-16-14/h5-7,10,14,16H,2-4,8-9,11H2,1H3. The number of hydrogen-bond acceptors (Lipinski definition) is 4. The van der Waals surface area contributed by atoms with Crippen molar-refractivity contribution >= 4 is 5.97 Å². The normalized spacial score (nSPS) is 19.5. The number of carbonyl (C=O) groups excluding carboxylic acids is 1. The fourth-order valence-electron chi connectivity index (χ4n) is 2.25. The summed E-state index contributed by atoms with van der Waals surface area (Å²) in [4.78, 5) is 12.0. The van der Waals surface area contributed by atoms with E-state index in [-0.39, 0.29) is 12.0 Å². The van der Waals surface area contributed by atoms with Crippen LogP contribution in [0.3, 0.4) is 0 Å². The first kappa shape index (κ1) is 13.9. The Labute approximate surface area is 114 Å². The van der Waals surface area contributed by atoms with E-state index in [0.29, 0.717) is 6.61 Å². The second-order valence-electron chi connectivity index (χ2n) is 4.82. The first-order valence-corrected chi connectivity index (χ1v) is 6.82. The molecule has 0 spiro atoms. The molecule has 1 fully saturated rings. The molecule has 2 rings (SSSR count). The Kier molecular flexibility index (Phi) is 5.21. The molecule has 4 heteroatoms. The number of nitrogens with one attached hydrogen (secondary N) is 1. The lowest BCUT2D eigenvalue weighted by Gasteiger charge is -2.14. The highest BCUT2D eigenvalue weighted by molar-refractivity contribution is 5.75. The summed E-state index contributed by atoms with van der Waals surface area (Å²) >= 11 is 0. The third kappa shape index (κ3) is 4.24. The minimum Gasteiger partial charge on any atom is -0.497 e. The molecule has 0 aromatic heterocycles. The highest BCUT2D eigenvalue weighted by atomic mass is 16.5. The van der Waals surface area contributed by atoms with Crippen LogP contribution in [0.25, 0.3) is 0 Å². The summed E-state index contributed by atoms with van der Waals surface area (Å²) in [6.07, 6.45) is 4.29. The molecule has 0 amide bonds. The minimum atomic E-state index is -0.148. The molecule has 0 aliphatic carbocycles. The quantitative estimate of drug-likeness (QED) is 0.847. The molecule has 104 valence electrons. The van der Waals surface area contributed by atoms with Gasteiger partial charge in [-0.05, 0) is 37.1 Å². The van der Waals surface area contributed by atoms with Gasteiger partial charge in [-0.2, -0.15) is 0 Å². The van der Waals surface area contributed by atoms with Crippen molar-refractivity contribution < 1.29 is 14.3 Å². The van der Waals surface area contributed by atoms with Gasteiger partial charge in [0.05, 0.1) is 7.11 Å². The predicted molar refractivity (Wildman–Crippen MR) is 73.0 cm³/mol. The van der Waals surface area contributed by atoms with E-state index >= 15 is 0 Å². The van der Waals surface area contributed by atoms with E-state index in [1.54, 1.807) is 7.11 Å². The molecule has 19 heavy (non-hydrogen) atoms. The number of esters is 1. The SMILES string of the molecule is COc1cccc(COC(=O)C2CCCCCN2)c1. The van der Waals surface area contributed by atoms with Gasteiger partial charge in [-0.3, -0.25) is 4.79 Å². The average Bonchev–Trinajstić information content (AvgIpc) is 2.74. The lowest BCUT2D eigenvalue weighted by molar-refractivity contribution is -0.147. The van der Waals surface area contributed by atoms with E-state index in [0.717, 1.165) is 37.1 Å². The summed E-state index contributed by atoms with van der Waals surface area (Å²) < 4.78 is 10.5. The highest BCUT2D eigenvalue weighted by Gasteiger charge is 2.20. The molecule has 1 aromatic carbocycles. The Bertz CT molecular complexity index is 412. The van der Waals surface area contributed by atoms with Gasteiger partial charge in [0.2, 0.25) is 0 Å². The van der Waals surface area contributed by atoms with E-state index < -0.39 is 0 Å². The predicted octanol–water partition coefficient (Wildman–Crippen LogP) is 2.27. The summed E-state index contributed by atoms with van der Waals surface area (Å²) in [6, 6.07) is 7.43. The van der Waals surface area contributed by atoms with Crippen LogP contribution in [-0.2, 0) is 16.1 Å². The number of methoxy groups -OCH3 is 1. The maximum atomic E-state index is 12.0. The van der Waals surface area contributed by atoms with E-state index in [1.807, 2.05) is 24.3 Å². The topological polar surface area (TPSA) is 47.6 Å². The fourth-order valence-corrected chi connectivity index (χ4v) is 2.25. The maximum absolute atomic E-state index is 12.0. The molecule has 4 nitrogen and oxygen atoms in total. The van der Waals surface area contributed by atoms with Crippen molar-refractivity contribution in [3.8, 4) is 5.75 Å². The zero-order valence-corrected chi connectivity index (χ0v) is 11.4. The highest BCUT2D eigenvalue weighted by Crippen LogP contribution is 2.14. The van der Waals surface area contributed by atoms with Crippen LogP contribution in [-0.4, -0.2) is 25.7 Å². The Morgan fingerprint density at radius 1 is 1.37 bits per heavy atom. The van der Waals surface area contributed by atoms with Gasteiger partial charge in [0.15, 0.2) is 0 Å². The average molecular weight is 263 g/mol. The molecule has 0 saturated carbocycles. The van der Waals surface area contributed by atoms with Gasteiger partial charge in [-0.1, -0.05) is 25.0 Å². The van der Waals surface area contributed by atoms with Gasteiger partial charge in [-0.25, -0.2) is 0 Å². The van der Waals surface area contributed by atoms with Gasteiger partial charge in [0, 0.05) is 0 Å². The van der Waals surface area contributed by atoms with Gasteiger partial charge in [0.1, 0.15) is 18.4 Å². The number of hydrogen-bond donors (Lipinski definition) is 1. The van der Waals surface area contributed by atoms with Crippen molar-refractivity contribution in [1.29, 1.82) is 0 Å². The zero-order chi connectivity index (χ0) is 13.5. The van der Waals surface area contributed by atoms with Crippen molar-refractivity contribution in [2.75, 3.05) is 13.7 Å². The molecule has 1 aliphatic rings. The molecule has 1 heterocycles.